The number of amides is 1. The number of rotatable bonds is 7. The van der Waals surface area contributed by atoms with Gasteiger partial charge < -0.3 is 19.5 Å². The van der Waals surface area contributed by atoms with Crippen LogP contribution in [-0.2, 0) is 11.2 Å². The van der Waals surface area contributed by atoms with E-state index in [9.17, 15) is 4.79 Å². The highest BCUT2D eigenvalue weighted by Crippen LogP contribution is 2.32. The van der Waals surface area contributed by atoms with Crippen LogP contribution < -0.4 is 19.5 Å². The Labute approximate surface area is 147 Å². The predicted molar refractivity (Wildman–Crippen MR) is 95.9 cm³/mol. The summed E-state index contributed by atoms with van der Waals surface area (Å²) < 4.78 is 15.9. The fraction of sp³-hybridized carbons (Fsp3) is 0.250. The first-order chi connectivity index (χ1) is 12.3. The second-order valence-corrected chi connectivity index (χ2v) is 5.65. The Morgan fingerprint density at radius 3 is 2.92 bits per heavy atom. The lowest BCUT2D eigenvalue weighted by atomic mass is 10.1. The minimum atomic E-state index is -0.113. The Morgan fingerprint density at radius 2 is 2.04 bits per heavy atom. The van der Waals surface area contributed by atoms with E-state index in [2.05, 4.69) is 5.32 Å². The topological polar surface area (TPSA) is 56.8 Å². The number of hydrogen-bond acceptors (Lipinski definition) is 4. The lowest BCUT2D eigenvalue weighted by Gasteiger charge is -2.08. The Hall–Kier alpha value is -2.95. The summed E-state index contributed by atoms with van der Waals surface area (Å²) in [7, 11) is 1.67. The van der Waals surface area contributed by atoms with Gasteiger partial charge in [-0.05, 0) is 48.2 Å². The van der Waals surface area contributed by atoms with Gasteiger partial charge in [0.2, 0.25) is 12.7 Å². The molecule has 0 unspecified atom stereocenters. The maximum Gasteiger partial charge on any atom is 0.243 e. The van der Waals surface area contributed by atoms with E-state index in [4.69, 9.17) is 14.2 Å². The van der Waals surface area contributed by atoms with Crippen molar-refractivity contribution < 1.29 is 19.0 Å². The van der Waals surface area contributed by atoms with Crippen LogP contribution in [0.2, 0.25) is 0 Å². The van der Waals surface area contributed by atoms with Gasteiger partial charge in [-0.1, -0.05) is 24.3 Å². The summed E-state index contributed by atoms with van der Waals surface area (Å²) in [6.45, 7) is 0.859. The minimum absolute atomic E-state index is 0.113. The van der Waals surface area contributed by atoms with Crippen LogP contribution in [-0.4, -0.2) is 26.4 Å². The molecule has 0 radical (unpaired) electrons. The lowest BCUT2D eigenvalue weighted by Crippen LogP contribution is -2.22. The molecule has 0 fully saturated rings. The van der Waals surface area contributed by atoms with E-state index in [1.807, 2.05) is 42.5 Å². The molecule has 0 spiro atoms. The summed E-state index contributed by atoms with van der Waals surface area (Å²) in [6, 6.07) is 13.5. The molecule has 5 heteroatoms. The number of methoxy groups -OCH3 is 1. The lowest BCUT2D eigenvalue weighted by molar-refractivity contribution is -0.116. The first kappa shape index (κ1) is 16.9. The first-order valence-corrected chi connectivity index (χ1v) is 8.24. The molecule has 2 aromatic rings. The average molecular weight is 339 g/mol. The molecule has 0 aromatic heterocycles. The van der Waals surface area contributed by atoms with Crippen LogP contribution in [0.15, 0.2) is 48.5 Å². The van der Waals surface area contributed by atoms with Gasteiger partial charge in [0, 0.05) is 12.6 Å². The van der Waals surface area contributed by atoms with Crippen molar-refractivity contribution in [3.8, 4) is 17.2 Å². The molecule has 130 valence electrons. The third-order valence-corrected chi connectivity index (χ3v) is 3.94. The second kappa shape index (κ2) is 8.24. The van der Waals surface area contributed by atoms with Gasteiger partial charge in [0.15, 0.2) is 11.5 Å². The summed E-state index contributed by atoms with van der Waals surface area (Å²) in [5.74, 6) is 2.21. The molecule has 3 rings (SSSR count). The van der Waals surface area contributed by atoms with E-state index in [1.165, 1.54) is 6.08 Å². The van der Waals surface area contributed by atoms with Gasteiger partial charge in [-0.2, -0.15) is 0 Å². The average Bonchev–Trinajstić information content (AvgIpc) is 3.11. The van der Waals surface area contributed by atoms with Gasteiger partial charge in [0.05, 0.1) is 7.11 Å². The highest BCUT2D eigenvalue weighted by molar-refractivity contribution is 5.91. The van der Waals surface area contributed by atoms with Crippen molar-refractivity contribution in [1.82, 2.24) is 5.32 Å². The van der Waals surface area contributed by atoms with Crippen molar-refractivity contribution in [3.63, 3.8) is 0 Å². The molecule has 0 saturated heterocycles. The van der Waals surface area contributed by atoms with E-state index in [0.29, 0.717) is 12.3 Å². The SMILES string of the molecule is COc1ccccc1CCCNC(=O)/C=C/c1ccc2c(c1)OCO2. The molecule has 25 heavy (non-hydrogen) atoms. The van der Waals surface area contributed by atoms with Gasteiger partial charge in [-0.3, -0.25) is 4.79 Å². The Morgan fingerprint density at radius 1 is 1.20 bits per heavy atom. The Kier molecular flexibility index (Phi) is 5.57. The maximum atomic E-state index is 11.9. The second-order valence-electron chi connectivity index (χ2n) is 5.65. The maximum absolute atomic E-state index is 11.9. The highest BCUT2D eigenvalue weighted by atomic mass is 16.7. The van der Waals surface area contributed by atoms with Crippen molar-refractivity contribution in [2.75, 3.05) is 20.4 Å². The van der Waals surface area contributed by atoms with Gasteiger partial charge in [-0.25, -0.2) is 0 Å². The summed E-state index contributed by atoms with van der Waals surface area (Å²) in [6.07, 6.45) is 5.00. The van der Waals surface area contributed by atoms with Gasteiger partial charge in [0.1, 0.15) is 5.75 Å². The largest absolute Gasteiger partial charge is 0.496 e. The zero-order valence-corrected chi connectivity index (χ0v) is 14.2. The normalized spacial score (nSPS) is 12.4. The van der Waals surface area contributed by atoms with Gasteiger partial charge in [0.25, 0.3) is 0 Å². The standard InChI is InChI=1S/C20H21NO4/c1-23-17-7-3-2-5-16(17)6-4-12-21-20(22)11-9-15-8-10-18-19(13-15)25-14-24-18/h2-3,5,7-11,13H,4,6,12,14H2,1H3,(H,21,22)/b11-9+. The monoisotopic (exact) mass is 339 g/mol. The molecule has 1 aliphatic rings. The number of carbonyl (C=O) groups excluding carboxylic acids is 1. The predicted octanol–water partition coefficient (Wildman–Crippen LogP) is 3.19. The third kappa shape index (κ3) is 4.53. The summed E-state index contributed by atoms with van der Waals surface area (Å²) in [5.41, 5.74) is 2.04. The van der Waals surface area contributed by atoms with E-state index < -0.39 is 0 Å². The highest BCUT2D eigenvalue weighted by Gasteiger charge is 2.12. The number of nitrogens with one attached hydrogen (secondary N) is 1. The molecule has 0 saturated carbocycles. The molecule has 2 aromatic carbocycles. The number of ether oxygens (including phenoxy) is 3. The molecule has 5 nitrogen and oxygen atoms in total. The minimum Gasteiger partial charge on any atom is -0.496 e. The van der Waals surface area contributed by atoms with Gasteiger partial charge in [-0.15, -0.1) is 0 Å². The van der Waals surface area contributed by atoms with Crippen molar-refractivity contribution in [3.05, 3.63) is 59.7 Å². The van der Waals surface area contributed by atoms with Crippen LogP contribution in [0.1, 0.15) is 17.5 Å². The molecule has 0 aliphatic carbocycles. The zero-order valence-electron chi connectivity index (χ0n) is 14.2. The van der Waals surface area contributed by atoms with Crippen molar-refractivity contribution >= 4 is 12.0 Å². The number of carbonyl (C=O) groups is 1. The van der Waals surface area contributed by atoms with E-state index in [-0.39, 0.29) is 12.7 Å². The van der Waals surface area contributed by atoms with Crippen LogP contribution in [0, 0.1) is 0 Å². The third-order valence-electron chi connectivity index (χ3n) is 3.94. The van der Waals surface area contributed by atoms with Crippen LogP contribution in [0.25, 0.3) is 6.08 Å². The molecule has 0 bridgehead atoms. The van der Waals surface area contributed by atoms with Crippen LogP contribution in [0.5, 0.6) is 17.2 Å². The van der Waals surface area contributed by atoms with E-state index in [0.717, 1.165) is 35.5 Å². The molecule has 1 amide bonds. The molecule has 1 heterocycles. The first-order valence-electron chi connectivity index (χ1n) is 8.24. The number of fused-ring (bicyclic) bond motifs is 1. The van der Waals surface area contributed by atoms with Gasteiger partial charge >= 0.3 is 0 Å². The number of benzene rings is 2. The van der Waals surface area contributed by atoms with E-state index in [1.54, 1.807) is 13.2 Å². The summed E-state index contributed by atoms with van der Waals surface area (Å²) in [4.78, 5) is 11.9. The summed E-state index contributed by atoms with van der Waals surface area (Å²) >= 11 is 0. The fourth-order valence-corrected chi connectivity index (χ4v) is 2.65. The molecular formula is C20H21NO4. The smallest absolute Gasteiger partial charge is 0.243 e. The van der Waals surface area contributed by atoms with Crippen molar-refractivity contribution in [2.24, 2.45) is 0 Å². The van der Waals surface area contributed by atoms with Crippen molar-refractivity contribution in [1.29, 1.82) is 0 Å². The van der Waals surface area contributed by atoms with E-state index >= 15 is 0 Å². The van der Waals surface area contributed by atoms with Crippen LogP contribution in [0.3, 0.4) is 0 Å². The fourth-order valence-electron chi connectivity index (χ4n) is 2.65. The zero-order chi connectivity index (χ0) is 17.5. The van der Waals surface area contributed by atoms with Crippen LogP contribution in [0.4, 0.5) is 0 Å². The Bertz CT molecular complexity index is 770. The Balaban J connectivity index is 1.43. The molecule has 1 aliphatic heterocycles. The van der Waals surface area contributed by atoms with Crippen molar-refractivity contribution in [2.45, 2.75) is 12.8 Å². The molecule has 0 atom stereocenters. The summed E-state index contributed by atoms with van der Waals surface area (Å²) in [5, 5.41) is 2.89. The quantitative estimate of drug-likeness (QED) is 0.622. The molecular weight excluding hydrogens is 318 g/mol. The number of aryl methyl sites for hydroxylation is 1. The number of hydrogen-bond donors (Lipinski definition) is 1. The van der Waals surface area contributed by atoms with Crippen LogP contribution >= 0.6 is 0 Å². The molecule has 1 N–H and O–H groups in total. The number of para-hydroxylation sites is 1.